The van der Waals surface area contributed by atoms with Crippen LogP contribution in [0.25, 0.3) is 10.8 Å². The van der Waals surface area contributed by atoms with E-state index in [9.17, 15) is 5.11 Å². The summed E-state index contributed by atoms with van der Waals surface area (Å²) in [4.78, 5) is 5.25. The van der Waals surface area contributed by atoms with Gasteiger partial charge in [0.1, 0.15) is 0 Å². The van der Waals surface area contributed by atoms with Gasteiger partial charge in [0.05, 0.1) is 5.71 Å². The second-order valence-corrected chi connectivity index (χ2v) is 5.69. The molecule has 0 saturated heterocycles. The van der Waals surface area contributed by atoms with Crippen LogP contribution >= 0.6 is 0 Å². The zero-order valence-corrected chi connectivity index (χ0v) is 13.2. The van der Waals surface area contributed by atoms with E-state index >= 15 is 0 Å². The summed E-state index contributed by atoms with van der Waals surface area (Å²) in [6.07, 6.45) is 3.22. The van der Waals surface area contributed by atoms with Gasteiger partial charge in [-0.2, -0.15) is 0 Å². The number of nitrogens with zero attached hydrogens (tertiary/aromatic N) is 1. The van der Waals surface area contributed by atoms with Crippen molar-refractivity contribution in [1.82, 2.24) is 5.32 Å². The van der Waals surface area contributed by atoms with Gasteiger partial charge in [-0.05, 0) is 29.2 Å². The molecule has 4 nitrogen and oxygen atoms in total. The van der Waals surface area contributed by atoms with Crippen LogP contribution in [-0.2, 0) is 11.3 Å². The maximum Gasteiger partial charge on any atom is 0.225 e. The number of hydrogen-bond acceptors (Lipinski definition) is 4. The number of benzene rings is 2. The van der Waals surface area contributed by atoms with E-state index in [1.165, 1.54) is 16.3 Å². The Bertz CT molecular complexity index is 724. The lowest BCUT2D eigenvalue weighted by Crippen LogP contribution is -2.21. The average molecular weight is 310 g/mol. The highest BCUT2D eigenvalue weighted by molar-refractivity contribution is 6.08. The minimum atomic E-state index is -0.885. The van der Waals surface area contributed by atoms with Crippen LogP contribution in [0.15, 0.2) is 54.2 Å². The predicted molar refractivity (Wildman–Crippen MR) is 93.6 cm³/mol. The molecule has 2 N–H and O–H groups in total. The summed E-state index contributed by atoms with van der Waals surface area (Å²) in [5.41, 5.74) is 3.39. The summed E-state index contributed by atoms with van der Waals surface area (Å²) in [5, 5.41) is 19.7. The van der Waals surface area contributed by atoms with Gasteiger partial charge in [-0.1, -0.05) is 47.6 Å². The van der Waals surface area contributed by atoms with Crippen LogP contribution in [0.5, 0.6) is 0 Å². The Morgan fingerprint density at radius 3 is 3.00 bits per heavy atom. The van der Waals surface area contributed by atoms with E-state index in [0.29, 0.717) is 13.0 Å². The van der Waals surface area contributed by atoms with Crippen LogP contribution in [0.4, 0.5) is 0 Å². The quantitative estimate of drug-likeness (QED) is 0.358. The molecule has 4 heteroatoms. The number of aryl methyl sites for hydroxylation is 1. The summed E-state index contributed by atoms with van der Waals surface area (Å²) in [7, 11) is 0. The Balaban J connectivity index is 1.67. The van der Waals surface area contributed by atoms with Gasteiger partial charge in [0.2, 0.25) is 6.29 Å². The Morgan fingerprint density at radius 1 is 1.26 bits per heavy atom. The second kappa shape index (κ2) is 7.40. The average Bonchev–Trinajstić information content (AvgIpc) is 3.00. The molecular formula is C19H22N2O2. The standard InChI is InChI=1S/C19H22N2O2/c1-2-12-20-13-11-19(22)23-21-18-10-9-16-15-6-4-3-5-14(15)7-8-17(16)18/h2-8,19-20,22H,1,9-13H2/b21-18+. The molecule has 120 valence electrons. The molecule has 0 aromatic heterocycles. The van der Waals surface area contributed by atoms with Crippen molar-refractivity contribution in [2.75, 3.05) is 13.1 Å². The molecule has 1 aliphatic carbocycles. The normalized spacial score (nSPS) is 16.5. The van der Waals surface area contributed by atoms with Crippen molar-refractivity contribution in [2.45, 2.75) is 25.6 Å². The molecule has 0 bridgehead atoms. The molecule has 3 rings (SSSR count). The molecular weight excluding hydrogens is 288 g/mol. The van der Waals surface area contributed by atoms with Crippen LogP contribution in [0.1, 0.15) is 24.0 Å². The lowest BCUT2D eigenvalue weighted by Gasteiger charge is -2.10. The fourth-order valence-electron chi connectivity index (χ4n) is 2.96. The van der Waals surface area contributed by atoms with Crippen LogP contribution in [-0.4, -0.2) is 30.2 Å². The van der Waals surface area contributed by atoms with Crippen LogP contribution in [0, 0.1) is 0 Å². The number of aliphatic hydroxyl groups excluding tert-OH is 1. The maximum atomic E-state index is 9.83. The smallest absolute Gasteiger partial charge is 0.225 e. The molecule has 1 aliphatic rings. The van der Waals surface area contributed by atoms with Crippen molar-refractivity contribution in [1.29, 1.82) is 0 Å². The third-order valence-electron chi connectivity index (χ3n) is 4.10. The van der Waals surface area contributed by atoms with E-state index in [4.69, 9.17) is 4.84 Å². The number of nitrogens with one attached hydrogen (secondary N) is 1. The van der Waals surface area contributed by atoms with Crippen molar-refractivity contribution in [3.63, 3.8) is 0 Å². The van der Waals surface area contributed by atoms with Crippen molar-refractivity contribution in [3.05, 3.63) is 60.2 Å². The lowest BCUT2D eigenvalue weighted by atomic mass is 10.0. The van der Waals surface area contributed by atoms with Gasteiger partial charge < -0.3 is 15.3 Å². The molecule has 0 fully saturated rings. The van der Waals surface area contributed by atoms with Crippen molar-refractivity contribution in [2.24, 2.45) is 5.16 Å². The zero-order chi connectivity index (χ0) is 16.1. The molecule has 0 amide bonds. The Labute approximate surface area is 136 Å². The highest BCUT2D eigenvalue weighted by atomic mass is 16.7. The van der Waals surface area contributed by atoms with Gasteiger partial charge in [-0.15, -0.1) is 6.58 Å². The number of aliphatic hydroxyl groups is 1. The maximum absolute atomic E-state index is 9.83. The molecule has 0 radical (unpaired) electrons. The van der Waals surface area contributed by atoms with Crippen LogP contribution < -0.4 is 5.32 Å². The monoisotopic (exact) mass is 310 g/mol. The first-order valence-corrected chi connectivity index (χ1v) is 8.03. The van der Waals surface area contributed by atoms with E-state index < -0.39 is 6.29 Å². The lowest BCUT2D eigenvalue weighted by molar-refractivity contribution is -0.101. The SMILES string of the molecule is C=CCNCCC(O)O/N=C1\CCc2c1ccc1ccccc21. The van der Waals surface area contributed by atoms with Crippen LogP contribution in [0.3, 0.4) is 0 Å². The molecule has 2 aromatic rings. The summed E-state index contributed by atoms with van der Waals surface area (Å²) in [5.74, 6) is 0. The van der Waals surface area contributed by atoms with Gasteiger partial charge in [0.15, 0.2) is 0 Å². The fraction of sp³-hybridized carbons (Fsp3) is 0.316. The molecule has 2 aromatic carbocycles. The number of oxime groups is 1. The third kappa shape index (κ3) is 3.60. The van der Waals surface area contributed by atoms with E-state index in [1.807, 2.05) is 0 Å². The van der Waals surface area contributed by atoms with Crippen molar-refractivity contribution in [3.8, 4) is 0 Å². The van der Waals surface area contributed by atoms with Crippen molar-refractivity contribution >= 4 is 16.5 Å². The first-order valence-electron chi connectivity index (χ1n) is 8.03. The van der Waals surface area contributed by atoms with E-state index in [0.717, 1.165) is 30.7 Å². The van der Waals surface area contributed by atoms with E-state index in [2.05, 4.69) is 53.4 Å². The highest BCUT2D eigenvalue weighted by Crippen LogP contribution is 2.30. The Kier molecular flexibility index (Phi) is 5.05. The van der Waals surface area contributed by atoms with Gasteiger partial charge in [0.25, 0.3) is 0 Å². The second-order valence-electron chi connectivity index (χ2n) is 5.69. The minimum Gasteiger partial charge on any atom is -0.364 e. The Hall–Kier alpha value is -2.17. The number of hydrogen-bond donors (Lipinski definition) is 2. The molecule has 0 aliphatic heterocycles. The first kappa shape index (κ1) is 15.7. The van der Waals surface area contributed by atoms with Gasteiger partial charge >= 0.3 is 0 Å². The molecule has 23 heavy (non-hydrogen) atoms. The minimum absolute atomic E-state index is 0.495. The molecule has 0 saturated carbocycles. The number of fused-ring (bicyclic) bond motifs is 3. The summed E-state index contributed by atoms with van der Waals surface area (Å²) in [6.45, 7) is 5.02. The van der Waals surface area contributed by atoms with Gasteiger partial charge in [-0.3, -0.25) is 0 Å². The summed E-state index contributed by atoms with van der Waals surface area (Å²) < 4.78 is 0. The first-order chi connectivity index (χ1) is 11.3. The van der Waals surface area contributed by atoms with Gasteiger partial charge in [0, 0.05) is 25.1 Å². The largest absolute Gasteiger partial charge is 0.364 e. The zero-order valence-electron chi connectivity index (χ0n) is 13.2. The van der Waals surface area contributed by atoms with Crippen molar-refractivity contribution < 1.29 is 9.94 Å². The van der Waals surface area contributed by atoms with E-state index in [1.54, 1.807) is 6.08 Å². The summed E-state index contributed by atoms with van der Waals surface area (Å²) in [6, 6.07) is 12.6. The highest BCUT2D eigenvalue weighted by Gasteiger charge is 2.20. The molecule has 1 unspecified atom stereocenters. The molecule has 0 heterocycles. The van der Waals surface area contributed by atoms with E-state index in [-0.39, 0.29) is 0 Å². The number of rotatable bonds is 7. The molecule has 0 spiro atoms. The fourth-order valence-corrected chi connectivity index (χ4v) is 2.96. The predicted octanol–water partition coefficient (Wildman–Crippen LogP) is 2.99. The Morgan fingerprint density at radius 2 is 2.13 bits per heavy atom. The third-order valence-corrected chi connectivity index (χ3v) is 4.10. The summed E-state index contributed by atoms with van der Waals surface area (Å²) >= 11 is 0. The van der Waals surface area contributed by atoms with Gasteiger partial charge in [-0.25, -0.2) is 0 Å². The van der Waals surface area contributed by atoms with Crippen LogP contribution in [0.2, 0.25) is 0 Å². The molecule has 1 atom stereocenters. The topological polar surface area (TPSA) is 53.8 Å².